The molecule has 0 saturated heterocycles. The number of nitrogens with one attached hydrogen (secondary N) is 1. The number of halogens is 2. The molecular formula is C15H17Cl2N3. The van der Waals surface area contributed by atoms with Crippen molar-refractivity contribution in [3.63, 3.8) is 0 Å². The average molecular weight is 310 g/mol. The summed E-state index contributed by atoms with van der Waals surface area (Å²) in [4.78, 5) is 9.14. The third-order valence-electron chi connectivity index (χ3n) is 3.09. The summed E-state index contributed by atoms with van der Waals surface area (Å²) >= 11 is 12.1. The number of rotatable bonds is 4. The molecule has 3 nitrogen and oxygen atoms in total. The van der Waals surface area contributed by atoms with Gasteiger partial charge < -0.3 is 5.32 Å². The first-order chi connectivity index (χ1) is 9.51. The molecule has 1 aromatic carbocycles. The van der Waals surface area contributed by atoms with Crippen molar-refractivity contribution in [2.45, 2.75) is 27.3 Å². The van der Waals surface area contributed by atoms with Crippen molar-refractivity contribution in [1.29, 1.82) is 0 Å². The van der Waals surface area contributed by atoms with Gasteiger partial charge in [-0.2, -0.15) is 0 Å². The van der Waals surface area contributed by atoms with E-state index >= 15 is 0 Å². The van der Waals surface area contributed by atoms with Crippen LogP contribution in [-0.4, -0.2) is 16.5 Å². The Hall–Kier alpha value is -1.16. The SMILES string of the molecule is CCNCc1c(C)nc(-c2cc(Cl)cc(Cl)c2)nc1C. The molecule has 0 fully saturated rings. The van der Waals surface area contributed by atoms with Gasteiger partial charge in [-0.1, -0.05) is 30.1 Å². The second-order valence-electron chi connectivity index (χ2n) is 4.64. The smallest absolute Gasteiger partial charge is 0.159 e. The highest BCUT2D eigenvalue weighted by Crippen LogP contribution is 2.26. The Morgan fingerprint density at radius 1 is 1.00 bits per heavy atom. The third-order valence-corrected chi connectivity index (χ3v) is 3.53. The van der Waals surface area contributed by atoms with Gasteiger partial charge in [-0.25, -0.2) is 9.97 Å². The van der Waals surface area contributed by atoms with E-state index in [-0.39, 0.29) is 0 Å². The van der Waals surface area contributed by atoms with E-state index in [0.717, 1.165) is 35.6 Å². The number of benzene rings is 1. The largest absolute Gasteiger partial charge is 0.313 e. The third kappa shape index (κ3) is 3.48. The molecule has 20 heavy (non-hydrogen) atoms. The number of aromatic nitrogens is 2. The van der Waals surface area contributed by atoms with Gasteiger partial charge in [0.1, 0.15) is 0 Å². The van der Waals surface area contributed by atoms with Gasteiger partial charge in [0, 0.05) is 39.1 Å². The fourth-order valence-corrected chi connectivity index (χ4v) is 2.58. The van der Waals surface area contributed by atoms with Crippen LogP contribution >= 0.6 is 23.2 Å². The Balaban J connectivity index is 2.43. The van der Waals surface area contributed by atoms with Gasteiger partial charge in [0.15, 0.2) is 5.82 Å². The van der Waals surface area contributed by atoms with Crippen LogP contribution in [0.4, 0.5) is 0 Å². The lowest BCUT2D eigenvalue weighted by Gasteiger charge is -2.11. The Kier molecular flexibility index (Phi) is 4.97. The van der Waals surface area contributed by atoms with Crippen LogP contribution in [0.2, 0.25) is 10.0 Å². The molecule has 0 spiro atoms. The van der Waals surface area contributed by atoms with Crippen LogP contribution in [0.5, 0.6) is 0 Å². The highest BCUT2D eigenvalue weighted by molar-refractivity contribution is 6.35. The molecule has 0 aliphatic heterocycles. The van der Waals surface area contributed by atoms with Crippen LogP contribution in [0, 0.1) is 13.8 Å². The van der Waals surface area contributed by atoms with Gasteiger partial charge in [0.2, 0.25) is 0 Å². The highest BCUT2D eigenvalue weighted by atomic mass is 35.5. The fourth-order valence-electron chi connectivity index (χ4n) is 2.06. The lowest BCUT2D eigenvalue weighted by Crippen LogP contribution is -2.15. The average Bonchev–Trinajstić information content (AvgIpc) is 2.36. The van der Waals surface area contributed by atoms with E-state index in [0.29, 0.717) is 15.9 Å². The minimum absolute atomic E-state index is 0.586. The van der Waals surface area contributed by atoms with Gasteiger partial charge in [0.05, 0.1) is 0 Å². The number of nitrogens with zero attached hydrogens (tertiary/aromatic N) is 2. The van der Waals surface area contributed by atoms with Gasteiger partial charge in [-0.15, -0.1) is 0 Å². The number of hydrogen-bond acceptors (Lipinski definition) is 3. The standard InChI is InChI=1S/C15H17Cl2N3/c1-4-18-8-14-9(2)19-15(20-10(14)3)11-5-12(16)7-13(17)6-11/h5-7,18H,4,8H2,1-3H3. The topological polar surface area (TPSA) is 37.8 Å². The number of aryl methyl sites for hydroxylation is 2. The summed E-state index contributed by atoms with van der Waals surface area (Å²) in [5.41, 5.74) is 3.93. The Labute approximate surface area is 129 Å². The van der Waals surface area contributed by atoms with Crippen LogP contribution < -0.4 is 5.32 Å². The van der Waals surface area contributed by atoms with E-state index in [1.165, 1.54) is 0 Å². The maximum Gasteiger partial charge on any atom is 0.159 e. The first-order valence-electron chi connectivity index (χ1n) is 6.52. The molecule has 0 amide bonds. The van der Waals surface area contributed by atoms with Crippen molar-refractivity contribution < 1.29 is 0 Å². The summed E-state index contributed by atoms with van der Waals surface area (Å²) in [6.07, 6.45) is 0. The Morgan fingerprint density at radius 2 is 1.55 bits per heavy atom. The summed E-state index contributed by atoms with van der Waals surface area (Å²) in [6.45, 7) is 7.77. The molecule has 1 aromatic heterocycles. The van der Waals surface area contributed by atoms with Gasteiger partial charge in [-0.3, -0.25) is 0 Å². The first kappa shape index (κ1) is 15.2. The summed E-state index contributed by atoms with van der Waals surface area (Å²) in [5.74, 6) is 0.657. The predicted octanol–water partition coefficient (Wildman–Crippen LogP) is 4.18. The van der Waals surface area contributed by atoms with Crippen molar-refractivity contribution in [3.05, 3.63) is 45.2 Å². The molecule has 1 N–H and O–H groups in total. The van der Waals surface area contributed by atoms with Crippen molar-refractivity contribution in [2.75, 3.05) is 6.54 Å². The zero-order chi connectivity index (χ0) is 14.7. The van der Waals surface area contributed by atoms with E-state index < -0.39 is 0 Å². The molecule has 0 saturated carbocycles. The monoisotopic (exact) mass is 309 g/mol. The van der Waals surface area contributed by atoms with Crippen LogP contribution in [-0.2, 0) is 6.54 Å². The summed E-state index contributed by atoms with van der Waals surface area (Å²) in [6, 6.07) is 5.35. The Bertz CT molecular complexity index is 583. The molecule has 2 aromatic rings. The fraction of sp³-hybridized carbons (Fsp3) is 0.333. The molecule has 0 radical (unpaired) electrons. The van der Waals surface area contributed by atoms with E-state index in [9.17, 15) is 0 Å². The summed E-state index contributed by atoms with van der Waals surface area (Å²) in [7, 11) is 0. The molecule has 2 rings (SSSR count). The maximum atomic E-state index is 6.03. The van der Waals surface area contributed by atoms with Crippen LogP contribution in [0.25, 0.3) is 11.4 Å². The minimum Gasteiger partial charge on any atom is -0.313 e. The lowest BCUT2D eigenvalue weighted by atomic mass is 10.1. The molecule has 0 unspecified atom stereocenters. The normalized spacial score (nSPS) is 10.8. The zero-order valence-corrected chi connectivity index (χ0v) is 13.3. The predicted molar refractivity (Wildman–Crippen MR) is 84.3 cm³/mol. The van der Waals surface area contributed by atoms with Gasteiger partial charge in [-0.05, 0) is 38.6 Å². The second-order valence-corrected chi connectivity index (χ2v) is 5.51. The molecule has 5 heteroatoms. The molecule has 106 valence electrons. The zero-order valence-electron chi connectivity index (χ0n) is 11.8. The minimum atomic E-state index is 0.586. The molecule has 0 aliphatic carbocycles. The summed E-state index contributed by atoms with van der Waals surface area (Å²) in [5, 5.41) is 4.47. The van der Waals surface area contributed by atoms with Gasteiger partial charge in [0.25, 0.3) is 0 Å². The van der Waals surface area contributed by atoms with Crippen molar-refractivity contribution in [2.24, 2.45) is 0 Å². The van der Waals surface area contributed by atoms with E-state index in [1.54, 1.807) is 6.07 Å². The van der Waals surface area contributed by atoms with E-state index in [1.807, 2.05) is 26.0 Å². The number of hydrogen-bond donors (Lipinski definition) is 1. The molecule has 1 heterocycles. The highest BCUT2D eigenvalue weighted by Gasteiger charge is 2.10. The second kappa shape index (κ2) is 6.53. The van der Waals surface area contributed by atoms with E-state index in [2.05, 4.69) is 22.2 Å². The Morgan fingerprint density at radius 3 is 2.05 bits per heavy atom. The van der Waals surface area contributed by atoms with Crippen LogP contribution in [0.3, 0.4) is 0 Å². The van der Waals surface area contributed by atoms with Crippen molar-refractivity contribution >= 4 is 23.2 Å². The van der Waals surface area contributed by atoms with Gasteiger partial charge >= 0.3 is 0 Å². The van der Waals surface area contributed by atoms with Crippen LogP contribution in [0.1, 0.15) is 23.9 Å². The lowest BCUT2D eigenvalue weighted by molar-refractivity contribution is 0.711. The molecule has 0 aliphatic rings. The maximum absolute atomic E-state index is 6.03. The molecule has 0 bridgehead atoms. The van der Waals surface area contributed by atoms with Crippen molar-refractivity contribution in [3.8, 4) is 11.4 Å². The van der Waals surface area contributed by atoms with Crippen LogP contribution in [0.15, 0.2) is 18.2 Å². The molecular weight excluding hydrogens is 293 g/mol. The summed E-state index contributed by atoms with van der Waals surface area (Å²) < 4.78 is 0. The van der Waals surface area contributed by atoms with Crippen molar-refractivity contribution in [1.82, 2.24) is 15.3 Å². The first-order valence-corrected chi connectivity index (χ1v) is 7.28. The van der Waals surface area contributed by atoms with E-state index in [4.69, 9.17) is 23.2 Å². The molecule has 0 atom stereocenters. The quantitative estimate of drug-likeness (QED) is 0.920.